The van der Waals surface area contributed by atoms with E-state index in [0.29, 0.717) is 12.3 Å². The van der Waals surface area contributed by atoms with Crippen LogP contribution in [-0.4, -0.2) is 26.8 Å². The largest absolute Gasteiger partial charge is 0.497 e. The lowest BCUT2D eigenvalue weighted by atomic mass is 10.1. The van der Waals surface area contributed by atoms with Crippen molar-refractivity contribution in [1.29, 1.82) is 0 Å². The first-order chi connectivity index (χ1) is 12.0. The molecule has 5 heteroatoms. The number of rotatable bonds is 7. The highest BCUT2D eigenvalue weighted by Crippen LogP contribution is 2.29. The second-order valence-electron chi connectivity index (χ2n) is 5.97. The fourth-order valence-corrected chi connectivity index (χ4v) is 2.69. The van der Waals surface area contributed by atoms with Crippen LogP contribution in [0.4, 0.5) is 4.79 Å². The summed E-state index contributed by atoms with van der Waals surface area (Å²) in [6.45, 7) is 4.56. The van der Waals surface area contributed by atoms with E-state index in [1.54, 1.807) is 14.2 Å². The molecule has 25 heavy (non-hydrogen) atoms. The Kier molecular flexibility index (Phi) is 6.69. The minimum atomic E-state index is -0.205. The first-order valence-electron chi connectivity index (χ1n) is 8.35. The number of benzene rings is 2. The van der Waals surface area contributed by atoms with Crippen LogP contribution in [0.25, 0.3) is 0 Å². The zero-order chi connectivity index (χ0) is 18.2. The molecular weight excluding hydrogens is 316 g/mol. The maximum absolute atomic E-state index is 12.1. The number of hydrogen-bond acceptors (Lipinski definition) is 3. The molecule has 2 amide bonds. The van der Waals surface area contributed by atoms with Gasteiger partial charge >= 0.3 is 6.03 Å². The third-order valence-electron chi connectivity index (χ3n) is 4.03. The molecule has 0 aliphatic rings. The average molecular weight is 342 g/mol. The Morgan fingerprint density at radius 2 is 1.92 bits per heavy atom. The molecule has 2 N–H and O–H groups in total. The van der Waals surface area contributed by atoms with Crippen LogP contribution in [0.1, 0.15) is 29.7 Å². The van der Waals surface area contributed by atoms with Gasteiger partial charge in [0, 0.05) is 12.1 Å². The van der Waals surface area contributed by atoms with Crippen molar-refractivity contribution in [3.63, 3.8) is 0 Å². The van der Waals surface area contributed by atoms with Gasteiger partial charge in [-0.1, -0.05) is 29.8 Å². The summed E-state index contributed by atoms with van der Waals surface area (Å²) >= 11 is 0. The Labute approximate surface area is 149 Å². The van der Waals surface area contributed by atoms with E-state index in [1.807, 2.05) is 31.2 Å². The average Bonchev–Trinajstić information content (AvgIpc) is 2.61. The molecule has 0 aliphatic carbocycles. The number of urea groups is 1. The summed E-state index contributed by atoms with van der Waals surface area (Å²) in [5.74, 6) is 1.44. The number of amides is 2. The van der Waals surface area contributed by atoms with Crippen LogP contribution < -0.4 is 20.1 Å². The SMILES string of the molecule is COc1ccc(OC)c(C(C)NC(=O)NCCc2cccc(C)c2)c1. The topological polar surface area (TPSA) is 59.6 Å². The number of nitrogens with one attached hydrogen (secondary N) is 2. The Morgan fingerprint density at radius 3 is 2.60 bits per heavy atom. The summed E-state index contributed by atoms with van der Waals surface area (Å²) in [5, 5.41) is 5.83. The fourth-order valence-electron chi connectivity index (χ4n) is 2.69. The number of carbonyl (C=O) groups is 1. The maximum atomic E-state index is 12.1. The monoisotopic (exact) mass is 342 g/mol. The van der Waals surface area contributed by atoms with E-state index in [0.717, 1.165) is 17.7 Å². The molecule has 0 fully saturated rings. The minimum absolute atomic E-state index is 0.204. The van der Waals surface area contributed by atoms with Gasteiger partial charge < -0.3 is 20.1 Å². The van der Waals surface area contributed by atoms with Gasteiger partial charge in [0.1, 0.15) is 11.5 Å². The number of hydrogen-bond donors (Lipinski definition) is 2. The van der Waals surface area contributed by atoms with E-state index in [9.17, 15) is 4.79 Å². The second kappa shape index (κ2) is 8.97. The van der Waals surface area contributed by atoms with Crippen molar-refractivity contribution in [2.45, 2.75) is 26.3 Å². The summed E-state index contributed by atoms with van der Waals surface area (Å²) in [6, 6.07) is 13.4. The summed E-state index contributed by atoms with van der Waals surface area (Å²) in [7, 11) is 3.22. The highest BCUT2D eigenvalue weighted by Gasteiger charge is 2.15. The lowest BCUT2D eigenvalue weighted by Gasteiger charge is -2.18. The Balaban J connectivity index is 1.89. The highest BCUT2D eigenvalue weighted by molar-refractivity contribution is 5.74. The molecule has 0 aromatic heterocycles. The molecule has 0 aliphatic heterocycles. The summed E-state index contributed by atoms with van der Waals surface area (Å²) in [5.41, 5.74) is 3.30. The van der Waals surface area contributed by atoms with Gasteiger partial charge in [0.2, 0.25) is 0 Å². The Hall–Kier alpha value is -2.69. The minimum Gasteiger partial charge on any atom is -0.497 e. The van der Waals surface area contributed by atoms with Crippen LogP contribution in [0.5, 0.6) is 11.5 Å². The van der Waals surface area contributed by atoms with Crippen LogP contribution in [0.2, 0.25) is 0 Å². The van der Waals surface area contributed by atoms with Gasteiger partial charge in [-0.2, -0.15) is 0 Å². The fraction of sp³-hybridized carbons (Fsp3) is 0.350. The molecule has 134 valence electrons. The van der Waals surface area contributed by atoms with Gasteiger partial charge in [0.15, 0.2) is 0 Å². The lowest BCUT2D eigenvalue weighted by molar-refractivity contribution is 0.238. The molecule has 2 aromatic rings. The Bertz CT molecular complexity index is 716. The smallest absolute Gasteiger partial charge is 0.315 e. The number of ether oxygens (including phenoxy) is 2. The van der Waals surface area contributed by atoms with Crippen LogP contribution in [0, 0.1) is 6.92 Å². The maximum Gasteiger partial charge on any atom is 0.315 e. The van der Waals surface area contributed by atoms with Crippen LogP contribution in [-0.2, 0) is 6.42 Å². The van der Waals surface area contributed by atoms with Crippen LogP contribution in [0.15, 0.2) is 42.5 Å². The predicted molar refractivity (Wildman–Crippen MR) is 99.4 cm³/mol. The standard InChI is InChI=1S/C20H26N2O3/c1-14-6-5-7-16(12-14)10-11-21-20(23)22-15(2)18-13-17(24-3)8-9-19(18)25-4/h5-9,12-13,15H,10-11H2,1-4H3,(H2,21,22,23). The lowest BCUT2D eigenvalue weighted by Crippen LogP contribution is -2.38. The molecule has 0 radical (unpaired) electrons. The van der Waals surface area contributed by atoms with E-state index < -0.39 is 0 Å². The van der Waals surface area contributed by atoms with Gasteiger partial charge in [0.05, 0.1) is 20.3 Å². The molecular formula is C20H26N2O3. The number of methoxy groups -OCH3 is 2. The van der Waals surface area contributed by atoms with E-state index in [2.05, 4.69) is 35.8 Å². The van der Waals surface area contributed by atoms with Crippen molar-refractivity contribution in [2.24, 2.45) is 0 Å². The highest BCUT2D eigenvalue weighted by atomic mass is 16.5. The molecule has 0 saturated heterocycles. The van der Waals surface area contributed by atoms with Crippen LogP contribution in [0.3, 0.4) is 0 Å². The van der Waals surface area contributed by atoms with E-state index in [1.165, 1.54) is 11.1 Å². The van der Waals surface area contributed by atoms with Crippen molar-refractivity contribution in [2.75, 3.05) is 20.8 Å². The molecule has 2 rings (SSSR count). The first-order valence-corrected chi connectivity index (χ1v) is 8.35. The van der Waals surface area contributed by atoms with E-state index in [4.69, 9.17) is 9.47 Å². The molecule has 2 aromatic carbocycles. The molecule has 0 spiro atoms. The normalized spacial score (nSPS) is 11.5. The molecule has 0 saturated carbocycles. The van der Waals surface area contributed by atoms with Gasteiger partial charge in [-0.25, -0.2) is 4.79 Å². The molecule has 0 bridgehead atoms. The van der Waals surface area contributed by atoms with Crippen molar-refractivity contribution in [1.82, 2.24) is 10.6 Å². The number of carbonyl (C=O) groups excluding carboxylic acids is 1. The second-order valence-corrected chi connectivity index (χ2v) is 5.97. The molecule has 0 heterocycles. The van der Waals surface area contributed by atoms with Crippen molar-refractivity contribution in [3.05, 3.63) is 59.2 Å². The van der Waals surface area contributed by atoms with Crippen LogP contribution >= 0.6 is 0 Å². The zero-order valence-electron chi connectivity index (χ0n) is 15.3. The summed E-state index contributed by atoms with van der Waals surface area (Å²) in [6.07, 6.45) is 0.798. The predicted octanol–water partition coefficient (Wildman–Crippen LogP) is 3.62. The van der Waals surface area contributed by atoms with E-state index >= 15 is 0 Å². The third kappa shape index (κ3) is 5.41. The molecule has 1 unspecified atom stereocenters. The van der Waals surface area contributed by atoms with Crippen molar-refractivity contribution >= 4 is 6.03 Å². The number of aryl methyl sites for hydroxylation is 1. The first kappa shape index (κ1) is 18.6. The van der Waals surface area contributed by atoms with E-state index in [-0.39, 0.29) is 12.1 Å². The summed E-state index contributed by atoms with van der Waals surface area (Å²) in [4.78, 5) is 12.1. The van der Waals surface area contributed by atoms with Gasteiger partial charge in [-0.15, -0.1) is 0 Å². The van der Waals surface area contributed by atoms with Gasteiger partial charge in [-0.05, 0) is 44.0 Å². The molecule has 5 nitrogen and oxygen atoms in total. The quantitative estimate of drug-likeness (QED) is 0.808. The van der Waals surface area contributed by atoms with Crippen molar-refractivity contribution in [3.8, 4) is 11.5 Å². The van der Waals surface area contributed by atoms with Gasteiger partial charge in [0.25, 0.3) is 0 Å². The molecule has 1 atom stereocenters. The Morgan fingerprint density at radius 1 is 1.12 bits per heavy atom. The van der Waals surface area contributed by atoms with Crippen molar-refractivity contribution < 1.29 is 14.3 Å². The third-order valence-corrected chi connectivity index (χ3v) is 4.03. The zero-order valence-corrected chi connectivity index (χ0v) is 15.3. The summed E-state index contributed by atoms with van der Waals surface area (Å²) < 4.78 is 10.6. The van der Waals surface area contributed by atoms with Gasteiger partial charge in [-0.3, -0.25) is 0 Å².